The minimum absolute atomic E-state index is 0.0630. The molecule has 1 aromatic heterocycles. The van der Waals surface area contributed by atoms with Crippen molar-refractivity contribution in [2.75, 3.05) is 24.7 Å². The normalized spacial score (nSPS) is 10.7. The van der Waals surface area contributed by atoms with Crippen molar-refractivity contribution >= 4 is 45.9 Å². The third-order valence-corrected chi connectivity index (χ3v) is 6.51. The predicted octanol–water partition coefficient (Wildman–Crippen LogP) is 4.72. The molecule has 0 aliphatic rings. The lowest BCUT2D eigenvalue weighted by molar-refractivity contribution is -0.384. The number of ether oxygens (including phenoxy) is 1. The number of non-ortho nitro benzene ring substituents is 1. The molecule has 1 heterocycles. The van der Waals surface area contributed by atoms with Crippen LogP contribution in [0.2, 0.25) is 0 Å². The van der Waals surface area contributed by atoms with Crippen LogP contribution in [-0.4, -0.2) is 40.7 Å². The molecule has 184 valence electrons. The average molecular weight is 505 g/mol. The Kier molecular flexibility index (Phi) is 7.86. The average Bonchev–Trinajstić information content (AvgIpc) is 3.25. The zero-order valence-electron chi connectivity index (χ0n) is 19.5. The highest BCUT2D eigenvalue weighted by molar-refractivity contribution is 8.00. The Balaban J connectivity index is 1.37. The van der Waals surface area contributed by atoms with Gasteiger partial charge in [0.25, 0.3) is 11.6 Å². The summed E-state index contributed by atoms with van der Waals surface area (Å²) in [5, 5.41) is 17.5. The molecule has 2 amide bonds. The Bertz CT molecular complexity index is 1400. The van der Waals surface area contributed by atoms with Crippen LogP contribution in [0.15, 0.2) is 83.9 Å². The molecule has 10 heteroatoms. The van der Waals surface area contributed by atoms with E-state index in [1.807, 2.05) is 47.2 Å². The van der Waals surface area contributed by atoms with Crippen LogP contribution < -0.4 is 15.4 Å². The smallest absolute Gasteiger partial charge is 0.269 e. The SMILES string of the molecule is COc1ccccc1NC(=O)CSc1cn(CCNC(=O)c2ccc([N+](=O)[O-])cc2)c2ccccc12. The van der Waals surface area contributed by atoms with E-state index in [4.69, 9.17) is 4.74 Å². The van der Waals surface area contributed by atoms with Crippen molar-refractivity contribution in [1.82, 2.24) is 9.88 Å². The van der Waals surface area contributed by atoms with Crippen molar-refractivity contribution in [1.29, 1.82) is 0 Å². The predicted molar refractivity (Wildman–Crippen MR) is 140 cm³/mol. The third kappa shape index (κ3) is 5.84. The molecule has 0 saturated heterocycles. The van der Waals surface area contributed by atoms with E-state index in [1.54, 1.807) is 19.2 Å². The number of nitrogens with one attached hydrogen (secondary N) is 2. The molecule has 2 N–H and O–H groups in total. The number of anilines is 1. The standard InChI is InChI=1S/C26H24N4O5S/c1-35-23-9-5-3-7-21(23)28-25(31)17-36-24-16-29(22-8-4-2-6-20(22)24)15-14-27-26(32)18-10-12-19(13-11-18)30(33)34/h2-13,16H,14-15,17H2,1H3,(H,27,32)(H,28,31). The van der Waals surface area contributed by atoms with Gasteiger partial charge in [0.05, 0.1) is 23.5 Å². The molecule has 0 fully saturated rings. The van der Waals surface area contributed by atoms with Gasteiger partial charge in [-0.1, -0.05) is 30.3 Å². The van der Waals surface area contributed by atoms with Crippen LogP contribution in [0.4, 0.5) is 11.4 Å². The molecule has 9 nitrogen and oxygen atoms in total. The van der Waals surface area contributed by atoms with E-state index >= 15 is 0 Å². The van der Waals surface area contributed by atoms with Crippen LogP contribution in [-0.2, 0) is 11.3 Å². The summed E-state index contributed by atoms with van der Waals surface area (Å²) in [4.78, 5) is 36.2. The van der Waals surface area contributed by atoms with Gasteiger partial charge in [-0.3, -0.25) is 19.7 Å². The number of hydrogen-bond acceptors (Lipinski definition) is 6. The second kappa shape index (κ2) is 11.4. The lowest BCUT2D eigenvalue weighted by Gasteiger charge is -2.09. The molecule has 0 radical (unpaired) electrons. The van der Waals surface area contributed by atoms with E-state index < -0.39 is 4.92 Å². The van der Waals surface area contributed by atoms with Crippen LogP contribution in [0, 0.1) is 10.1 Å². The number of methoxy groups -OCH3 is 1. The lowest BCUT2D eigenvalue weighted by atomic mass is 10.2. The number of thioether (sulfide) groups is 1. The van der Waals surface area contributed by atoms with E-state index in [0.717, 1.165) is 15.8 Å². The molecule has 36 heavy (non-hydrogen) atoms. The lowest BCUT2D eigenvalue weighted by Crippen LogP contribution is -2.27. The van der Waals surface area contributed by atoms with E-state index in [2.05, 4.69) is 10.6 Å². The summed E-state index contributed by atoms with van der Waals surface area (Å²) in [6.45, 7) is 0.889. The minimum atomic E-state index is -0.503. The molecular formula is C26H24N4O5S. The van der Waals surface area contributed by atoms with Gasteiger partial charge in [0, 0.05) is 52.8 Å². The molecule has 0 aliphatic carbocycles. The summed E-state index contributed by atoms with van der Waals surface area (Å²) in [6, 6.07) is 20.6. The fraction of sp³-hybridized carbons (Fsp3) is 0.154. The molecule has 0 saturated carbocycles. The maximum atomic E-state index is 12.6. The number of amides is 2. The first-order valence-electron chi connectivity index (χ1n) is 11.1. The van der Waals surface area contributed by atoms with Crippen molar-refractivity contribution < 1.29 is 19.2 Å². The van der Waals surface area contributed by atoms with Gasteiger partial charge in [-0.05, 0) is 30.3 Å². The molecule has 3 aromatic carbocycles. The molecule has 4 rings (SSSR count). The second-order valence-electron chi connectivity index (χ2n) is 7.80. The topological polar surface area (TPSA) is 116 Å². The number of para-hydroxylation sites is 3. The summed E-state index contributed by atoms with van der Waals surface area (Å²) >= 11 is 1.44. The van der Waals surface area contributed by atoms with Crippen LogP contribution in [0.3, 0.4) is 0 Å². The van der Waals surface area contributed by atoms with Crippen LogP contribution >= 0.6 is 11.8 Å². The molecule has 0 spiro atoms. The number of carbonyl (C=O) groups is 2. The maximum Gasteiger partial charge on any atom is 0.269 e. The summed E-state index contributed by atoms with van der Waals surface area (Å²) in [7, 11) is 1.56. The van der Waals surface area contributed by atoms with Crippen LogP contribution in [0.1, 0.15) is 10.4 Å². The number of nitro benzene ring substituents is 1. The second-order valence-corrected chi connectivity index (χ2v) is 8.82. The van der Waals surface area contributed by atoms with Gasteiger partial charge >= 0.3 is 0 Å². The number of nitrogens with zero attached hydrogens (tertiary/aromatic N) is 2. The number of fused-ring (bicyclic) bond motifs is 1. The quantitative estimate of drug-likeness (QED) is 0.183. The first kappa shape index (κ1) is 24.8. The molecular weight excluding hydrogens is 480 g/mol. The zero-order valence-corrected chi connectivity index (χ0v) is 20.3. The summed E-state index contributed by atoms with van der Waals surface area (Å²) in [6.07, 6.45) is 1.98. The van der Waals surface area contributed by atoms with Crippen molar-refractivity contribution in [3.05, 3.63) is 94.7 Å². The van der Waals surface area contributed by atoms with E-state index in [9.17, 15) is 19.7 Å². The van der Waals surface area contributed by atoms with Gasteiger partial charge in [0.15, 0.2) is 0 Å². The summed E-state index contributed by atoms with van der Waals surface area (Å²) < 4.78 is 7.32. The van der Waals surface area contributed by atoms with E-state index in [1.165, 1.54) is 36.0 Å². The van der Waals surface area contributed by atoms with Gasteiger partial charge in [0.1, 0.15) is 5.75 Å². The fourth-order valence-electron chi connectivity index (χ4n) is 3.72. The van der Waals surface area contributed by atoms with Crippen molar-refractivity contribution in [2.45, 2.75) is 11.4 Å². The molecule has 0 aliphatic heterocycles. The van der Waals surface area contributed by atoms with Gasteiger partial charge in [-0.15, -0.1) is 11.8 Å². The number of carbonyl (C=O) groups excluding carboxylic acids is 2. The molecule has 0 bridgehead atoms. The molecule has 0 unspecified atom stereocenters. The highest BCUT2D eigenvalue weighted by Crippen LogP contribution is 2.30. The summed E-state index contributed by atoms with van der Waals surface area (Å²) in [5.74, 6) is 0.382. The fourth-order valence-corrected chi connectivity index (χ4v) is 4.61. The molecule has 4 aromatic rings. The van der Waals surface area contributed by atoms with Gasteiger partial charge in [-0.2, -0.15) is 0 Å². The van der Waals surface area contributed by atoms with E-state index in [-0.39, 0.29) is 23.3 Å². The monoisotopic (exact) mass is 504 g/mol. The number of aromatic nitrogens is 1. The maximum absolute atomic E-state index is 12.6. The Morgan fingerprint density at radius 2 is 1.75 bits per heavy atom. The number of hydrogen-bond donors (Lipinski definition) is 2. The number of rotatable bonds is 10. The van der Waals surface area contributed by atoms with Gasteiger partial charge < -0.3 is 19.9 Å². The number of nitro groups is 1. The summed E-state index contributed by atoms with van der Waals surface area (Å²) in [5.41, 5.74) is 1.91. The van der Waals surface area contributed by atoms with Gasteiger partial charge in [-0.25, -0.2) is 0 Å². The number of benzene rings is 3. The molecule has 0 atom stereocenters. The largest absolute Gasteiger partial charge is 0.495 e. The Hall–Kier alpha value is -4.31. The third-order valence-electron chi connectivity index (χ3n) is 5.47. The van der Waals surface area contributed by atoms with Crippen molar-refractivity contribution in [2.24, 2.45) is 0 Å². The van der Waals surface area contributed by atoms with Crippen LogP contribution in [0.25, 0.3) is 10.9 Å². The minimum Gasteiger partial charge on any atom is -0.495 e. The van der Waals surface area contributed by atoms with E-state index in [0.29, 0.717) is 30.1 Å². The zero-order chi connectivity index (χ0) is 25.5. The first-order valence-corrected chi connectivity index (χ1v) is 12.1. The highest BCUT2D eigenvalue weighted by Gasteiger charge is 2.13. The van der Waals surface area contributed by atoms with Gasteiger partial charge in [0.2, 0.25) is 5.91 Å². The Labute approximate surface area is 211 Å². The first-order chi connectivity index (χ1) is 17.5. The highest BCUT2D eigenvalue weighted by atomic mass is 32.2. The van der Waals surface area contributed by atoms with Crippen LogP contribution in [0.5, 0.6) is 5.75 Å². The Morgan fingerprint density at radius 3 is 2.50 bits per heavy atom. The Morgan fingerprint density at radius 1 is 1.03 bits per heavy atom. The van der Waals surface area contributed by atoms with Crippen molar-refractivity contribution in [3.63, 3.8) is 0 Å². The van der Waals surface area contributed by atoms with Crippen molar-refractivity contribution in [3.8, 4) is 5.75 Å².